The number of anilines is 1. The van der Waals surface area contributed by atoms with Gasteiger partial charge >= 0.3 is 5.97 Å². The number of carboxylic acids is 1. The fourth-order valence-electron chi connectivity index (χ4n) is 1.01. The summed E-state index contributed by atoms with van der Waals surface area (Å²) in [5, 5.41) is 11.1. The topological polar surface area (TPSA) is 103 Å². The lowest BCUT2D eigenvalue weighted by Crippen LogP contribution is -2.38. The van der Waals surface area contributed by atoms with Crippen molar-refractivity contribution in [2.24, 2.45) is 0 Å². The van der Waals surface area contributed by atoms with Gasteiger partial charge < -0.3 is 10.4 Å². The molecule has 0 aromatic carbocycles. The number of hydrazine groups is 1. The second-order valence-corrected chi connectivity index (χ2v) is 3.21. The van der Waals surface area contributed by atoms with E-state index in [2.05, 4.69) is 21.2 Å². The summed E-state index contributed by atoms with van der Waals surface area (Å²) in [7, 11) is 0. The fraction of sp³-hybridized carbons (Fsp3) is 0.300. The third kappa shape index (κ3) is 6.10. The molecule has 1 heterocycles. The molecule has 1 aromatic heterocycles. The van der Waals surface area contributed by atoms with Crippen molar-refractivity contribution in [3.05, 3.63) is 24.4 Å². The predicted octanol–water partition coefficient (Wildman–Crippen LogP) is -0.411. The van der Waals surface area contributed by atoms with Crippen LogP contribution in [0, 0.1) is 0 Å². The average Bonchev–Trinajstić information content (AvgIpc) is 2.33. The van der Waals surface area contributed by atoms with Crippen molar-refractivity contribution in [2.45, 2.75) is 6.42 Å². The lowest BCUT2D eigenvalue weighted by Gasteiger charge is -2.07. The number of aliphatic carboxylic acids is 1. The minimum Gasteiger partial charge on any atom is -0.481 e. The summed E-state index contributed by atoms with van der Waals surface area (Å²) in [5.41, 5.74) is 5.05. The van der Waals surface area contributed by atoms with Gasteiger partial charge in [0, 0.05) is 12.7 Å². The standard InChI is InChI=1S/C10H14N4O3/c15-9(7-11-6-4-10(16)17)14-13-8-3-1-2-5-12-8/h1-3,5,11H,4,6-7H2,(H,12,13)(H,14,15)(H,16,17). The highest BCUT2D eigenvalue weighted by molar-refractivity contribution is 5.79. The molecule has 0 aliphatic rings. The van der Waals surface area contributed by atoms with Crippen LogP contribution in [0.1, 0.15) is 6.42 Å². The zero-order chi connectivity index (χ0) is 12.5. The Balaban J connectivity index is 2.11. The molecule has 0 aliphatic heterocycles. The van der Waals surface area contributed by atoms with E-state index >= 15 is 0 Å². The Labute approximate surface area is 98.2 Å². The van der Waals surface area contributed by atoms with Gasteiger partial charge in [0.25, 0.3) is 5.91 Å². The number of aromatic nitrogens is 1. The highest BCUT2D eigenvalue weighted by atomic mass is 16.4. The minimum absolute atomic E-state index is 0.0129. The molecule has 0 radical (unpaired) electrons. The molecule has 4 N–H and O–H groups in total. The van der Waals surface area contributed by atoms with E-state index in [4.69, 9.17) is 5.11 Å². The minimum atomic E-state index is -0.899. The van der Waals surface area contributed by atoms with Crippen LogP contribution in [0.2, 0.25) is 0 Å². The number of carbonyl (C=O) groups excluding carboxylic acids is 1. The Morgan fingerprint density at radius 3 is 2.82 bits per heavy atom. The van der Waals surface area contributed by atoms with Gasteiger partial charge in [-0.25, -0.2) is 4.98 Å². The van der Waals surface area contributed by atoms with Gasteiger partial charge in [-0.3, -0.25) is 20.4 Å². The first kappa shape index (κ1) is 12.9. The first-order chi connectivity index (χ1) is 8.18. The molecule has 17 heavy (non-hydrogen) atoms. The number of carboxylic acid groups (broad SMARTS) is 1. The maximum absolute atomic E-state index is 11.2. The molecule has 7 nitrogen and oxygen atoms in total. The molecular weight excluding hydrogens is 224 g/mol. The van der Waals surface area contributed by atoms with Gasteiger partial charge in [-0.05, 0) is 12.1 Å². The Morgan fingerprint density at radius 2 is 2.18 bits per heavy atom. The van der Waals surface area contributed by atoms with Crippen LogP contribution < -0.4 is 16.2 Å². The van der Waals surface area contributed by atoms with Crippen LogP contribution in [0.5, 0.6) is 0 Å². The number of carbonyl (C=O) groups is 2. The Morgan fingerprint density at radius 1 is 1.35 bits per heavy atom. The number of nitrogens with one attached hydrogen (secondary N) is 3. The quantitative estimate of drug-likeness (QED) is 0.380. The number of nitrogens with zero attached hydrogens (tertiary/aromatic N) is 1. The SMILES string of the molecule is O=C(O)CCNCC(=O)NNc1ccccn1. The van der Waals surface area contributed by atoms with Crippen LogP contribution in [-0.2, 0) is 9.59 Å². The largest absolute Gasteiger partial charge is 0.481 e. The van der Waals surface area contributed by atoms with Crippen molar-refractivity contribution in [1.29, 1.82) is 0 Å². The summed E-state index contributed by atoms with van der Waals surface area (Å²) in [5.74, 6) is -0.656. The third-order valence-corrected chi connectivity index (χ3v) is 1.80. The fourth-order valence-corrected chi connectivity index (χ4v) is 1.01. The zero-order valence-corrected chi connectivity index (χ0v) is 9.14. The molecule has 0 unspecified atom stereocenters. The average molecular weight is 238 g/mol. The first-order valence-electron chi connectivity index (χ1n) is 5.07. The predicted molar refractivity (Wildman–Crippen MR) is 61.1 cm³/mol. The van der Waals surface area contributed by atoms with E-state index < -0.39 is 5.97 Å². The van der Waals surface area contributed by atoms with E-state index in [9.17, 15) is 9.59 Å². The van der Waals surface area contributed by atoms with E-state index in [1.165, 1.54) is 0 Å². The monoisotopic (exact) mass is 238 g/mol. The number of pyridine rings is 1. The third-order valence-electron chi connectivity index (χ3n) is 1.80. The number of rotatable bonds is 7. The molecule has 0 aliphatic carbocycles. The molecule has 1 amide bonds. The first-order valence-corrected chi connectivity index (χ1v) is 5.07. The second-order valence-electron chi connectivity index (χ2n) is 3.21. The summed E-state index contributed by atoms with van der Waals surface area (Å²) >= 11 is 0. The van der Waals surface area contributed by atoms with E-state index in [-0.39, 0.29) is 25.4 Å². The molecule has 0 atom stereocenters. The molecule has 7 heteroatoms. The Kier molecular flexibility index (Phi) is 5.45. The smallest absolute Gasteiger partial charge is 0.304 e. The van der Waals surface area contributed by atoms with Gasteiger partial charge in [-0.1, -0.05) is 6.07 Å². The summed E-state index contributed by atoms with van der Waals surface area (Å²) in [4.78, 5) is 25.4. The number of hydrogen-bond acceptors (Lipinski definition) is 5. The van der Waals surface area contributed by atoms with Gasteiger partial charge in [0.15, 0.2) is 0 Å². The lowest BCUT2D eigenvalue weighted by atomic mass is 10.4. The molecule has 0 bridgehead atoms. The van der Waals surface area contributed by atoms with Crippen LogP contribution in [0.4, 0.5) is 5.82 Å². The Bertz CT molecular complexity index is 369. The van der Waals surface area contributed by atoms with Crippen LogP contribution in [-0.4, -0.2) is 35.1 Å². The zero-order valence-electron chi connectivity index (χ0n) is 9.14. The maximum atomic E-state index is 11.2. The van der Waals surface area contributed by atoms with Crippen molar-refractivity contribution in [2.75, 3.05) is 18.5 Å². The molecule has 1 rings (SSSR count). The molecule has 0 spiro atoms. The Hall–Kier alpha value is -2.15. The van der Waals surface area contributed by atoms with Crippen molar-refractivity contribution < 1.29 is 14.7 Å². The van der Waals surface area contributed by atoms with Crippen molar-refractivity contribution >= 4 is 17.7 Å². The van der Waals surface area contributed by atoms with Gasteiger partial charge in [-0.15, -0.1) is 0 Å². The van der Waals surface area contributed by atoms with Crippen molar-refractivity contribution in [3.63, 3.8) is 0 Å². The van der Waals surface area contributed by atoms with Gasteiger partial charge in [0.2, 0.25) is 0 Å². The van der Waals surface area contributed by atoms with E-state index in [0.29, 0.717) is 5.82 Å². The summed E-state index contributed by atoms with van der Waals surface area (Å²) < 4.78 is 0. The molecule has 0 saturated carbocycles. The van der Waals surface area contributed by atoms with Crippen LogP contribution in [0.25, 0.3) is 0 Å². The highest BCUT2D eigenvalue weighted by Crippen LogP contribution is 1.96. The van der Waals surface area contributed by atoms with Crippen LogP contribution in [0.15, 0.2) is 24.4 Å². The van der Waals surface area contributed by atoms with E-state index in [1.54, 1.807) is 24.4 Å². The molecular formula is C10H14N4O3. The van der Waals surface area contributed by atoms with Crippen molar-refractivity contribution in [1.82, 2.24) is 15.7 Å². The number of amides is 1. The molecule has 0 saturated heterocycles. The van der Waals surface area contributed by atoms with E-state index in [0.717, 1.165) is 0 Å². The summed E-state index contributed by atoms with van der Waals surface area (Å²) in [6.45, 7) is 0.305. The number of hydrogen-bond donors (Lipinski definition) is 4. The van der Waals surface area contributed by atoms with E-state index in [1.807, 2.05) is 0 Å². The molecule has 0 fully saturated rings. The summed E-state index contributed by atoms with van der Waals surface area (Å²) in [6, 6.07) is 5.26. The van der Waals surface area contributed by atoms with Gasteiger partial charge in [0.05, 0.1) is 13.0 Å². The molecule has 92 valence electrons. The second kappa shape index (κ2) is 7.18. The summed E-state index contributed by atoms with van der Waals surface area (Å²) in [6.07, 6.45) is 1.58. The van der Waals surface area contributed by atoms with Crippen LogP contribution in [0.3, 0.4) is 0 Å². The van der Waals surface area contributed by atoms with Crippen LogP contribution >= 0.6 is 0 Å². The maximum Gasteiger partial charge on any atom is 0.304 e. The van der Waals surface area contributed by atoms with Crippen molar-refractivity contribution in [3.8, 4) is 0 Å². The van der Waals surface area contributed by atoms with Gasteiger partial charge in [-0.2, -0.15) is 0 Å². The van der Waals surface area contributed by atoms with Gasteiger partial charge in [0.1, 0.15) is 5.82 Å². The highest BCUT2D eigenvalue weighted by Gasteiger charge is 2.01. The lowest BCUT2D eigenvalue weighted by molar-refractivity contribution is -0.137. The normalized spacial score (nSPS) is 9.65. The molecule has 1 aromatic rings.